The zero-order valence-electron chi connectivity index (χ0n) is 13.3. The second kappa shape index (κ2) is 7.59. The molecular weight excluding hydrogens is 292 g/mol. The highest BCUT2D eigenvalue weighted by Crippen LogP contribution is 2.21. The van der Waals surface area contributed by atoms with Gasteiger partial charge in [0.15, 0.2) is 0 Å². The lowest BCUT2D eigenvalue weighted by molar-refractivity contribution is -0.124. The Bertz CT molecular complexity index is 561. The smallest absolute Gasteiger partial charge is 0.253 e. The van der Waals surface area contributed by atoms with Crippen molar-refractivity contribution in [3.8, 4) is 0 Å². The standard InChI is InChI=1S/C18H24N2O3/c21-17(19-13-7-2-1-3-8-13)14-9-4-5-10-15(14)20-18(22)16-11-6-12-23-16/h4-5,9-10,13,16H,1-3,6-8,11-12H2,(H,19,21)(H,20,22)/t16-/m1/s1. The average molecular weight is 316 g/mol. The fourth-order valence-electron chi connectivity index (χ4n) is 3.30. The summed E-state index contributed by atoms with van der Waals surface area (Å²) in [6.45, 7) is 0.627. The first-order valence-corrected chi connectivity index (χ1v) is 8.56. The number of para-hydroxylation sites is 1. The first-order valence-electron chi connectivity index (χ1n) is 8.56. The summed E-state index contributed by atoms with van der Waals surface area (Å²) in [5.74, 6) is -0.277. The maximum atomic E-state index is 12.5. The Morgan fingerprint density at radius 1 is 1.00 bits per heavy atom. The number of carbonyl (C=O) groups excluding carboxylic acids is 2. The van der Waals surface area contributed by atoms with Gasteiger partial charge in [0.1, 0.15) is 6.10 Å². The molecule has 124 valence electrons. The molecule has 0 bridgehead atoms. The van der Waals surface area contributed by atoms with Gasteiger partial charge in [-0.15, -0.1) is 0 Å². The van der Waals surface area contributed by atoms with Crippen LogP contribution in [0, 0.1) is 0 Å². The molecule has 2 N–H and O–H groups in total. The number of hydrogen-bond donors (Lipinski definition) is 2. The summed E-state index contributed by atoms with van der Waals surface area (Å²) in [5.41, 5.74) is 1.07. The van der Waals surface area contributed by atoms with Gasteiger partial charge in [-0.05, 0) is 37.8 Å². The molecule has 3 rings (SSSR count). The number of nitrogens with one attached hydrogen (secondary N) is 2. The maximum Gasteiger partial charge on any atom is 0.253 e. The van der Waals surface area contributed by atoms with Crippen LogP contribution in [0.1, 0.15) is 55.3 Å². The summed E-state index contributed by atoms with van der Waals surface area (Å²) in [7, 11) is 0. The summed E-state index contributed by atoms with van der Waals surface area (Å²) in [4.78, 5) is 24.8. The van der Waals surface area contributed by atoms with Gasteiger partial charge < -0.3 is 15.4 Å². The molecule has 0 radical (unpaired) electrons. The molecule has 1 saturated heterocycles. The van der Waals surface area contributed by atoms with E-state index in [1.54, 1.807) is 12.1 Å². The average Bonchev–Trinajstić information content (AvgIpc) is 3.11. The summed E-state index contributed by atoms with van der Waals surface area (Å²) in [6.07, 6.45) is 6.91. The Labute approximate surface area is 136 Å². The van der Waals surface area contributed by atoms with Crippen molar-refractivity contribution in [1.82, 2.24) is 5.32 Å². The molecule has 23 heavy (non-hydrogen) atoms. The van der Waals surface area contributed by atoms with E-state index in [-0.39, 0.29) is 17.9 Å². The SMILES string of the molecule is O=C(NC1CCCCC1)c1ccccc1NC(=O)[C@H]1CCCO1. The van der Waals surface area contributed by atoms with Crippen molar-refractivity contribution in [2.24, 2.45) is 0 Å². The largest absolute Gasteiger partial charge is 0.368 e. The maximum absolute atomic E-state index is 12.5. The molecule has 1 aromatic carbocycles. The van der Waals surface area contributed by atoms with Gasteiger partial charge in [0, 0.05) is 12.6 Å². The second-order valence-electron chi connectivity index (χ2n) is 6.34. The number of anilines is 1. The van der Waals surface area contributed by atoms with E-state index >= 15 is 0 Å². The second-order valence-corrected chi connectivity index (χ2v) is 6.34. The lowest BCUT2D eigenvalue weighted by Gasteiger charge is -2.23. The molecule has 1 aliphatic heterocycles. The minimum absolute atomic E-state index is 0.111. The third-order valence-electron chi connectivity index (χ3n) is 4.59. The Kier molecular flexibility index (Phi) is 5.28. The van der Waals surface area contributed by atoms with Crippen molar-refractivity contribution in [1.29, 1.82) is 0 Å². The van der Waals surface area contributed by atoms with Gasteiger partial charge in [-0.3, -0.25) is 9.59 Å². The van der Waals surface area contributed by atoms with Crippen molar-refractivity contribution in [3.63, 3.8) is 0 Å². The van der Waals surface area contributed by atoms with Crippen LogP contribution in [0.3, 0.4) is 0 Å². The fourth-order valence-corrected chi connectivity index (χ4v) is 3.30. The first kappa shape index (κ1) is 16.0. The van der Waals surface area contributed by atoms with Crippen LogP contribution in [0.15, 0.2) is 24.3 Å². The Morgan fingerprint density at radius 2 is 1.78 bits per heavy atom. The molecule has 0 spiro atoms. The number of rotatable bonds is 4. The zero-order chi connectivity index (χ0) is 16.1. The lowest BCUT2D eigenvalue weighted by atomic mass is 9.95. The monoisotopic (exact) mass is 316 g/mol. The highest BCUT2D eigenvalue weighted by atomic mass is 16.5. The van der Waals surface area contributed by atoms with Crippen LogP contribution in [0.2, 0.25) is 0 Å². The van der Waals surface area contributed by atoms with E-state index in [4.69, 9.17) is 4.74 Å². The normalized spacial score (nSPS) is 21.8. The van der Waals surface area contributed by atoms with Crippen molar-refractivity contribution in [2.45, 2.75) is 57.1 Å². The molecule has 2 amide bonds. The third kappa shape index (κ3) is 4.10. The minimum atomic E-state index is -0.399. The first-order chi connectivity index (χ1) is 11.2. The van der Waals surface area contributed by atoms with Crippen LogP contribution >= 0.6 is 0 Å². The molecule has 1 atom stereocenters. The van der Waals surface area contributed by atoms with Gasteiger partial charge in [0.25, 0.3) is 11.8 Å². The molecule has 0 unspecified atom stereocenters. The number of carbonyl (C=O) groups is 2. The van der Waals surface area contributed by atoms with Crippen LogP contribution < -0.4 is 10.6 Å². The Morgan fingerprint density at radius 3 is 2.52 bits per heavy atom. The highest BCUT2D eigenvalue weighted by molar-refractivity contribution is 6.04. The number of benzene rings is 1. The Balaban J connectivity index is 1.66. The van der Waals surface area contributed by atoms with E-state index in [1.807, 2.05) is 12.1 Å². The molecular formula is C18H24N2O3. The molecule has 1 saturated carbocycles. The lowest BCUT2D eigenvalue weighted by Crippen LogP contribution is -2.37. The van der Waals surface area contributed by atoms with E-state index < -0.39 is 6.10 Å². The van der Waals surface area contributed by atoms with E-state index in [0.717, 1.165) is 25.7 Å². The minimum Gasteiger partial charge on any atom is -0.368 e. The third-order valence-corrected chi connectivity index (χ3v) is 4.59. The van der Waals surface area contributed by atoms with E-state index in [1.165, 1.54) is 19.3 Å². The van der Waals surface area contributed by atoms with E-state index in [2.05, 4.69) is 10.6 Å². The number of amides is 2. The Hall–Kier alpha value is -1.88. The van der Waals surface area contributed by atoms with Crippen molar-refractivity contribution in [3.05, 3.63) is 29.8 Å². The molecule has 1 aromatic rings. The van der Waals surface area contributed by atoms with Gasteiger partial charge >= 0.3 is 0 Å². The zero-order valence-corrected chi connectivity index (χ0v) is 13.3. The summed E-state index contributed by atoms with van der Waals surface area (Å²) in [6, 6.07) is 7.41. The molecule has 5 nitrogen and oxygen atoms in total. The van der Waals surface area contributed by atoms with Gasteiger partial charge in [-0.1, -0.05) is 31.4 Å². The van der Waals surface area contributed by atoms with Crippen molar-refractivity contribution in [2.75, 3.05) is 11.9 Å². The summed E-state index contributed by atoms with van der Waals surface area (Å²) >= 11 is 0. The predicted octanol–water partition coefficient (Wildman–Crippen LogP) is 2.87. The number of hydrogen-bond acceptors (Lipinski definition) is 3. The topological polar surface area (TPSA) is 67.4 Å². The summed E-state index contributed by atoms with van der Waals surface area (Å²) in [5, 5.41) is 5.94. The van der Waals surface area contributed by atoms with Crippen LogP contribution in [-0.4, -0.2) is 30.6 Å². The molecule has 1 aliphatic carbocycles. The molecule has 5 heteroatoms. The van der Waals surface area contributed by atoms with E-state index in [0.29, 0.717) is 17.9 Å². The van der Waals surface area contributed by atoms with Crippen molar-refractivity contribution >= 4 is 17.5 Å². The summed E-state index contributed by atoms with van der Waals surface area (Å²) < 4.78 is 5.40. The number of ether oxygens (including phenoxy) is 1. The molecule has 2 fully saturated rings. The van der Waals surface area contributed by atoms with E-state index in [9.17, 15) is 9.59 Å². The fraction of sp³-hybridized carbons (Fsp3) is 0.556. The highest BCUT2D eigenvalue weighted by Gasteiger charge is 2.25. The van der Waals surface area contributed by atoms with Crippen LogP contribution in [-0.2, 0) is 9.53 Å². The molecule has 1 heterocycles. The van der Waals surface area contributed by atoms with Crippen molar-refractivity contribution < 1.29 is 14.3 Å². The van der Waals surface area contributed by atoms with Gasteiger partial charge in [-0.2, -0.15) is 0 Å². The van der Waals surface area contributed by atoms with Gasteiger partial charge in [0.05, 0.1) is 11.3 Å². The quantitative estimate of drug-likeness (QED) is 0.897. The van der Waals surface area contributed by atoms with Crippen LogP contribution in [0.25, 0.3) is 0 Å². The van der Waals surface area contributed by atoms with Crippen LogP contribution in [0.4, 0.5) is 5.69 Å². The predicted molar refractivity (Wildman–Crippen MR) is 88.4 cm³/mol. The molecule has 2 aliphatic rings. The van der Waals surface area contributed by atoms with Crippen LogP contribution in [0.5, 0.6) is 0 Å². The van der Waals surface area contributed by atoms with Gasteiger partial charge in [0.2, 0.25) is 0 Å². The van der Waals surface area contributed by atoms with Gasteiger partial charge in [-0.25, -0.2) is 0 Å². The molecule has 0 aromatic heterocycles.